The van der Waals surface area contributed by atoms with Crippen LogP contribution in [0.5, 0.6) is 0 Å². The van der Waals surface area contributed by atoms with Crippen LogP contribution in [0.2, 0.25) is 0 Å². The monoisotopic (exact) mass is 227 g/mol. The molecule has 1 saturated heterocycles. The summed E-state index contributed by atoms with van der Waals surface area (Å²) >= 11 is 0. The van der Waals surface area contributed by atoms with Crippen molar-refractivity contribution in [2.45, 2.75) is 33.6 Å². The van der Waals surface area contributed by atoms with Crippen LogP contribution in [-0.4, -0.2) is 44.0 Å². The van der Waals surface area contributed by atoms with Crippen molar-refractivity contribution in [3.63, 3.8) is 0 Å². The number of ketones is 1. The summed E-state index contributed by atoms with van der Waals surface area (Å²) in [6.07, 6.45) is 1.80. The molecule has 0 N–H and O–H groups in total. The van der Waals surface area contributed by atoms with E-state index >= 15 is 0 Å². The molecule has 3 nitrogen and oxygen atoms in total. The van der Waals surface area contributed by atoms with Gasteiger partial charge in [0.2, 0.25) is 0 Å². The van der Waals surface area contributed by atoms with E-state index in [1.165, 1.54) is 0 Å². The second kappa shape index (κ2) is 5.78. The van der Waals surface area contributed by atoms with Crippen molar-refractivity contribution in [2.24, 2.45) is 11.3 Å². The quantitative estimate of drug-likeness (QED) is 0.719. The van der Waals surface area contributed by atoms with E-state index < -0.39 is 0 Å². The molecule has 3 heteroatoms. The van der Waals surface area contributed by atoms with Gasteiger partial charge < -0.3 is 9.64 Å². The van der Waals surface area contributed by atoms with Crippen LogP contribution >= 0.6 is 0 Å². The highest BCUT2D eigenvalue weighted by Gasteiger charge is 2.28. The number of piperidine rings is 1. The molecule has 1 rings (SSSR count). The van der Waals surface area contributed by atoms with E-state index in [-0.39, 0.29) is 11.3 Å². The van der Waals surface area contributed by atoms with Crippen molar-refractivity contribution in [3.05, 3.63) is 0 Å². The first-order valence-corrected chi connectivity index (χ1v) is 6.18. The summed E-state index contributed by atoms with van der Waals surface area (Å²) in [6.45, 7) is 10.3. The minimum absolute atomic E-state index is 0.215. The molecule has 1 aliphatic heterocycles. The average molecular weight is 227 g/mol. The number of rotatable bonds is 5. The number of ether oxygens (including phenoxy) is 1. The Bertz CT molecular complexity index is 238. The van der Waals surface area contributed by atoms with Crippen molar-refractivity contribution in [2.75, 3.05) is 33.4 Å². The van der Waals surface area contributed by atoms with Crippen LogP contribution in [0, 0.1) is 11.3 Å². The maximum absolute atomic E-state index is 11.4. The second-order valence-electron chi connectivity index (χ2n) is 5.76. The van der Waals surface area contributed by atoms with Gasteiger partial charge in [0.15, 0.2) is 0 Å². The second-order valence-corrected chi connectivity index (χ2v) is 5.76. The van der Waals surface area contributed by atoms with Crippen LogP contribution in [0.3, 0.4) is 0 Å². The van der Waals surface area contributed by atoms with E-state index in [0.717, 1.165) is 39.1 Å². The molecule has 0 aromatic carbocycles. The summed E-state index contributed by atoms with van der Waals surface area (Å²) < 4.78 is 5.13. The zero-order valence-electron chi connectivity index (χ0n) is 11.1. The molecule has 1 fully saturated rings. The van der Waals surface area contributed by atoms with Crippen LogP contribution in [0.1, 0.15) is 33.6 Å². The molecular formula is C13H25NO2. The van der Waals surface area contributed by atoms with Gasteiger partial charge in [-0.05, 0) is 11.8 Å². The Kier molecular flexibility index (Phi) is 4.93. The highest BCUT2D eigenvalue weighted by molar-refractivity contribution is 5.81. The Balaban J connectivity index is 2.38. The van der Waals surface area contributed by atoms with E-state index in [2.05, 4.69) is 18.7 Å². The molecular weight excluding hydrogens is 202 g/mol. The van der Waals surface area contributed by atoms with E-state index in [0.29, 0.717) is 5.78 Å². The molecule has 0 spiro atoms. The van der Waals surface area contributed by atoms with E-state index in [1.54, 1.807) is 7.11 Å². The van der Waals surface area contributed by atoms with Gasteiger partial charge in [0.1, 0.15) is 5.78 Å². The molecule has 1 atom stereocenters. The number of nitrogens with zero attached hydrogens (tertiary/aromatic N) is 1. The van der Waals surface area contributed by atoms with E-state index in [1.807, 2.05) is 6.92 Å². The van der Waals surface area contributed by atoms with Gasteiger partial charge in [0.05, 0.1) is 0 Å². The third-order valence-corrected chi connectivity index (χ3v) is 3.39. The maximum Gasteiger partial charge on any atom is 0.138 e. The van der Waals surface area contributed by atoms with Gasteiger partial charge >= 0.3 is 0 Å². The Labute approximate surface area is 99.1 Å². The molecule has 0 saturated carbocycles. The van der Waals surface area contributed by atoms with Crippen molar-refractivity contribution in [3.8, 4) is 0 Å². The number of likely N-dealkylation sites (tertiary alicyclic amines) is 1. The molecule has 0 bridgehead atoms. The van der Waals surface area contributed by atoms with Crippen LogP contribution in [0.4, 0.5) is 0 Å². The van der Waals surface area contributed by atoms with Gasteiger partial charge in [-0.2, -0.15) is 0 Å². The van der Waals surface area contributed by atoms with Crippen LogP contribution in [-0.2, 0) is 9.53 Å². The van der Waals surface area contributed by atoms with Crippen LogP contribution in [0.25, 0.3) is 0 Å². The highest BCUT2D eigenvalue weighted by Crippen LogP contribution is 2.24. The van der Waals surface area contributed by atoms with Crippen molar-refractivity contribution in [1.82, 2.24) is 4.90 Å². The molecule has 16 heavy (non-hydrogen) atoms. The SMILES string of the molecule is COCCC(C)(C)CN1CCC(=O)C(C)C1. The number of carbonyl (C=O) groups excluding carboxylic acids is 1. The Morgan fingerprint density at radius 2 is 2.19 bits per heavy atom. The average Bonchev–Trinajstić information content (AvgIpc) is 2.20. The Hall–Kier alpha value is -0.410. The fourth-order valence-corrected chi connectivity index (χ4v) is 2.30. The number of carbonyl (C=O) groups is 1. The molecule has 0 aromatic heterocycles. The Morgan fingerprint density at radius 3 is 2.75 bits per heavy atom. The van der Waals surface area contributed by atoms with Gasteiger partial charge in [0, 0.05) is 45.7 Å². The Morgan fingerprint density at radius 1 is 1.50 bits per heavy atom. The van der Waals surface area contributed by atoms with Gasteiger partial charge in [-0.3, -0.25) is 4.79 Å². The fourth-order valence-electron chi connectivity index (χ4n) is 2.30. The van der Waals surface area contributed by atoms with Gasteiger partial charge in [-0.15, -0.1) is 0 Å². The minimum atomic E-state index is 0.215. The predicted octanol–water partition coefficient (Wildman–Crippen LogP) is 1.96. The summed E-state index contributed by atoms with van der Waals surface area (Å²) in [5.41, 5.74) is 0.274. The fraction of sp³-hybridized carbons (Fsp3) is 0.923. The third-order valence-electron chi connectivity index (χ3n) is 3.39. The molecule has 0 aliphatic carbocycles. The molecule has 0 aromatic rings. The van der Waals surface area contributed by atoms with Crippen molar-refractivity contribution < 1.29 is 9.53 Å². The number of hydrogen-bond acceptors (Lipinski definition) is 3. The molecule has 1 unspecified atom stereocenters. The molecule has 1 heterocycles. The molecule has 0 amide bonds. The number of hydrogen-bond donors (Lipinski definition) is 0. The summed E-state index contributed by atoms with van der Waals surface area (Å²) in [5, 5.41) is 0. The highest BCUT2D eigenvalue weighted by atomic mass is 16.5. The third kappa shape index (κ3) is 4.22. The lowest BCUT2D eigenvalue weighted by atomic mass is 9.87. The first-order chi connectivity index (χ1) is 7.44. The van der Waals surface area contributed by atoms with Gasteiger partial charge in [-0.25, -0.2) is 0 Å². The molecule has 94 valence electrons. The number of methoxy groups -OCH3 is 1. The van der Waals surface area contributed by atoms with Crippen LogP contribution < -0.4 is 0 Å². The largest absolute Gasteiger partial charge is 0.385 e. The lowest BCUT2D eigenvalue weighted by Crippen LogP contribution is -2.44. The predicted molar refractivity (Wildman–Crippen MR) is 65.5 cm³/mol. The number of Topliss-reactive ketones (excluding diaryl/α,β-unsaturated/α-hetero) is 1. The van der Waals surface area contributed by atoms with E-state index in [9.17, 15) is 4.79 Å². The zero-order valence-corrected chi connectivity index (χ0v) is 11.1. The summed E-state index contributed by atoms with van der Waals surface area (Å²) in [7, 11) is 1.75. The minimum Gasteiger partial charge on any atom is -0.385 e. The summed E-state index contributed by atoms with van der Waals surface area (Å²) in [5.74, 6) is 0.637. The maximum atomic E-state index is 11.4. The molecule has 0 radical (unpaired) electrons. The van der Waals surface area contributed by atoms with Gasteiger partial charge in [-0.1, -0.05) is 20.8 Å². The summed E-state index contributed by atoms with van der Waals surface area (Å²) in [4.78, 5) is 13.8. The standard InChI is InChI=1S/C13H25NO2/c1-11-9-14(7-5-12(11)15)10-13(2,3)6-8-16-4/h11H,5-10H2,1-4H3. The lowest BCUT2D eigenvalue weighted by molar-refractivity contribution is -0.126. The summed E-state index contributed by atoms with van der Waals surface area (Å²) in [6, 6.07) is 0. The van der Waals surface area contributed by atoms with Gasteiger partial charge in [0.25, 0.3) is 0 Å². The molecule has 1 aliphatic rings. The lowest BCUT2D eigenvalue weighted by Gasteiger charge is -2.36. The zero-order chi connectivity index (χ0) is 12.2. The topological polar surface area (TPSA) is 29.5 Å². The smallest absolute Gasteiger partial charge is 0.138 e. The normalized spacial score (nSPS) is 23.8. The first kappa shape index (κ1) is 13.7. The van der Waals surface area contributed by atoms with Crippen LogP contribution in [0.15, 0.2) is 0 Å². The van der Waals surface area contributed by atoms with Crippen molar-refractivity contribution >= 4 is 5.78 Å². The van der Waals surface area contributed by atoms with E-state index in [4.69, 9.17) is 4.74 Å². The van der Waals surface area contributed by atoms with Crippen molar-refractivity contribution in [1.29, 1.82) is 0 Å². The first-order valence-electron chi connectivity index (χ1n) is 6.18.